The van der Waals surface area contributed by atoms with Crippen LogP contribution in [0.4, 0.5) is 16.2 Å². The minimum absolute atomic E-state index is 0.0687. The molecule has 3 rings (SSSR count). The lowest BCUT2D eigenvalue weighted by molar-refractivity contribution is -0.385. The second kappa shape index (κ2) is 7.57. The quantitative estimate of drug-likeness (QED) is 0.354. The number of carbonyl (C=O) groups excluding carboxylic acids is 2. The normalized spacial score (nSPS) is 15.0. The summed E-state index contributed by atoms with van der Waals surface area (Å²) in [6, 6.07) is 8.05. The number of imide groups is 1. The summed E-state index contributed by atoms with van der Waals surface area (Å²) in [5.74, 6) is -0.265. The summed E-state index contributed by atoms with van der Waals surface area (Å²) in [7, 11) is 2.73. The van der Waals surface area contributed by atoms with Crippen LogP contribution < -0.4 is 19.7 Å². The van der Waals surface area contributed by atoms with Gasteiger partial charge in [0.1, 0.15) is 5.70 Å². The third-order valence-electron chi connectivity index (χ3n) is 3.97. The Bertz CT molecular complexity index is 1020. The fourth-order valence-corrected chi connectivity index (χ4v) is 2.88. The topological polar surface area (TPSA) is 111 Å². The molecule has 0 spiro atoms. The predicted octanol–water partition coefficient (Wildman–Crippen LogP) is 3.36. The number of hydrogen-bond acceptors (Lipinski definition) is 6. The molecule has 0 aromatic heterocycles. The molecule has 0 bridgehead atoms. The van der Waals surface area contributed by atoms with Gasteiger partial charge in [-0.1, -0.05) is 17.7 Å². The van der Waals surface area contributed by atoms with Gasteiger partial charge in [-0.05, 0) is 30.3 Å². The number of nitrogens with one attached hydrogen (secondary N) is 1. The van der Waals surface area contributed by atoms with Crippen molar-refractivity contribution in [3.05, 3.63) is 62.8 Å². The van der Waals surface area contributed by atoms with Crippen LogP contribution in [-0.2, 0) is 4.79 Å². The molecule has 10 heteroatoms. The van der Waals surface area contributed by atoms with E-state index < -0.39 is 16.9 Å². The highest BCUT2D eigenvalue weighted by atomic mass is 35.5. The molecule has 0 atom stereocenters. The highest BCUT2D eigenvalue weighted by Crippen LogP contribution is 2.36. The monoisotopic (exact) mass is 403 g/mol. The Labute approximate surface area is 164 Å². The smallest absolute Gasteiger partial charge is 0.333 e. The van der Waals surface area contributed by atoms with Gasteiger partial charge in [-0.3, -0.25) is 14.9 Å². The molecule has 28 heavy (non-hydrogen) atoms. The summed E-state index contributed by atoms with van der Waals surface area (Å²) in [5.41, 5.74) is -0.0897. The predicted molar refractivity (Wildman–Crippen MR) is 102 cm³/mol. The number of nitro benzene ring substituents is 1. The molecule has 1 fully saturated rings. The number of carbonyl (C=O) groups is 2. The molecule has 9 nitrogen and oxygen atoms in total. The first-order chi connectivity index (χ1) is 13.3. The van der Waals surface area contributed by atoms with Crippen molar-refractivity contribution in [3.63, 3.8) is 0 Å². The number of urea groups is 1. The van der Waals surface area contributed by atoms with Crippen molar-refractivity contribution in [2.24, 2.45) is 0 Å². The molecule has 2 aromatic carbocycles. The average Bonchev–Trinajstić information content (AvgIpc) is 2.94. The maximum Gasteiger partial charge on any atom is 0.333 e. The first-order valence-corrected chi connectivity index (χ1v) is 8.26. The number of hydrogen-bond donors (Lipinski definition) is 1. The lowest BCUT2D eigenvalue weighted by Gasteiger charge is -2.11. The molecule has 3 amide bonds. The van der Waals surface area contributed by atoms with Crippen LogP contribution in [0.3, 0.4) is 0 Å². The Kier molecular flexibility index (Phi) is 5.18. The van der Waals surface area contributed by atoms with E-state index in [1.807, 2.05) is 0 Å². The van der Waals surface area contributed by atoms with Crippen LogP contribution in [0.25, 0.3) is 6.08 Å². The zero-order valence-corrected chi connectivity index (χ0v) is 15.5. The summed E-state index contributed by atoms with van der Waals surface area (Å²) in [6.45, 7) is 0. The molecule has 144 valence electrons. The van der Waals surface area contributed by atoms with Crippen LogP contribution in [0, 0.1) is 10.1 Å². The SMILES string of the molecule is COc1cc(/C=C2/NC(=O)N(c3cccc(Cl)c3)C2=O)c([N+](=O)[O-])cc1OC. The van der Waals surface area contributed by atoms with E-state index in [4.69, 9.17) is 21.1 Å². The zero-order chi connectivity index (χ0) is 20.4. The van der Waals surface area contributed by atoms with Crippen LogP contribution in [0.2, 0.25) is 5.02 Å². The van der Waals surface area contributed by atoms with Crippen molar-refractivity contribution in [3.8, 4) is 11.5 Å². The van der Waals surface area contributed by atoms with E-state index in [2.05, 4.69) is 5.32 Å². The van der Waals surface area contributed by atoms with Gasteiger partial charge in [0.15, 0.2) is 11.5 Å². The van der Waals surface area contributed by atoms with E-state index in [9.17, 15) is 19.7 Å². The maximum atomic E-state index is 12.7. The molecular formula is C18H14ClN3O6. The second-order valence-corrected chi connectivity index (χ2v) is 6.07. The van der Waals surface area contributed by atoms with Gasteiger partial charge in [0.2, 0.25) is 0 Å². The Morgan fingerprint density at radius 3 is 2.43 bits per heavy atom. The van der Waals surface area contributed by atoms with E-state index in [-0.39, 0.29) is 34.1 Å². The molecular weight excluding hydrogens is 390 g/mol. The summed E-state index contributed by atoms with van der Waals surface area (Å²) < 4.78 is 10.2. The molecule has 0 aliphatic carbocycles. The lowest BCUT2D eigenvalue weighted by Crippen LogP contribution is -2.30. The molecule has 1 aliphatic rings. The van der Waals surface area contributed by atoms with Crippen molar-refractivity contribution in [1.29, 1.82) is 0 Å². The largest absolute Gasteiger partial charge is 0.493 e. The van der Waals surface area contributed by atoms with Crippen LogP contribution in [0.5, 0.6) is 11.5 Å². The number of nitrogens with zero attached hydrogens (tertiary/aromatic N) is 2. The Morgan fingerprint density at radius 2 is 1.82 bits per heavy atom. The van der Waals surface area contributed by atoms with Gasteiger partial charge in [0.05, 0.1) is 36.5 Å². The zero-order valence-electron chi connectivity index (χ0n) is 14.8. The number of benzene rings is 2. The van der Waals surface area contributed by atoms with Crippen molar-refractivity contribution >= 4 is 41.0 Å². The Balaban J connectivity index is 2.05. The lowest BCUT2D eigenvalue weighted by atomic mass is 10.1. The van der Waals surface area contributed by atoms with E-state index in [1.54, 1.807) is 18.2 Å². The molecule has 0 saturated carbocycles. The van der Waals surface area contributed by atoms with Crippen molar-refractivity contribution in [2.45, 2.75) is 0 Å². The number of halogens is 1. The standard InChI is InChI=1S/C18H14ClN3O6/c1-27-15-7-10(14(22(25)26)9-16(15)28-2)6-13-17(23)21(18(24)20-13)12-5-3-4-11(19)8-12/h3-9H,1-2H3,(H,20,24)/b13-6+. The van der Waals surface area contributed by atoms with Gasteiger partial charge in [-0.25, -0.2) is 9.69 Å². The van der Waals surface area contributed by atoms with Gasteiger partial charge in [0.25, 0.3) is 11.6 Å². The highest BCUT2D eigenvalue weighted by Gasteiger charge is 2.35. The highest BCUT2D eigenvalue weighted by molar-refractivity contribution is 6.32. The van der Waals surface area contributed by atoms with Crippen LogP contribution >= 0.6 is 11.6 Å². The van der Waals surface area contributed by atoms with Gasteiger partial charge in [-0.15, -0.1) is 0 Å². The Morgan fingerprint density at radius 1 is 1.14 bits per heavy atom. The minimum Gasteiger partial charge on any atom is -0.493 e. The summed E-state index contributed by atoms with van der Waals surface area (Å²) in [5, 5.41) is 14.2. The van der Waals surface area contributed by atoms with Crippen LogP contribution in [0.15, 0.2) is 42.1 Å². The van der Waals surface area contributed by atoms with Crippen molar-refractivity contribution in [1.82, 2.24) is 5.32 Å². The van der Waals surface area contributed by atoms with Gasteiger partial charge >= 0.3 is 6.03 Å². The van der Waals surface area contributed by atoms with Gasteiger partial charge in [0, 0.05) is 5.02 Å². The third-order valence-corrected chi connectivity index (χ3v) is 4.21. The molecule has 1 saturated heterocycles. The minimum atomic E-state index is -0.693. The number of rotatable bonds is 5. The Hall–Kier alpha value is -3.59. The maximum absolute atomic E-state index is 12.7. The fraction of sp³-hybridized carbons (Fsp3) is 0.111. The molecule has 1 N–H and O–H groups in total. The van der Waals surface area contributed by atoms with E-state index in [0.29, 0.717) is 5.02 Å². The van der Waals surface area contributed by atoms with Gasteiger partial charge < -0.3 is 14.8 Å². The van der Waals surface area contributed by atoms with Crippen LogP contribution in [0.1, 0.15) is 5.56 Å². The molecule has 1 heterocycles. The summed E-state index contributed by atoms with van der Waals surface area (Å²) in [4.78, 5) is 36.7. The van der Waals surface area contributed by atoms with Crippen molar-refractivity contribution in [2.75, 3.05) is 19.1 Å². The van der Waals surface area contributed by atoms with Crippen LogP contribution in [-0.4, -0.2) is 31.1 Å². The second-order valence-electron chi connectivity index (χ2n) is 5.63. The number of ether oxygens (including phenoxy) is 2. The van der Waals surface area contributed by atoms with Gasteiger partial charge in [-0.2, -0.15) is 0 Å². The van der Waals surface area contributed by atoms with Crippen molar-refractivity contribution < 1.29 is 24.0 Å². The van der Waals surface area contributed by atoms with E-state index in [0.717, 1.165) is 4.90 Å². The number of nitro groups is 1. The molecule has 2 aromatic rings. The molecule has 0 radical (unpaired) electrons. The van der Waals surface area contributed by atoms with E-state index >= 15 is 0 Å². The third kappa shape index (κ3) is 3.47. The fourth-order valence-electron chi connectivity index (χ4n) is 2.70. The number of anilines is 1. The number of amides is 3. The number of methoxy groups -OCH3 is 2. The molecule has 1 aliphatic heterocycles. The first-order valence-electron chi connectivity index (χ1n) is 7.88. The first kappa shape index (κ1) is 19.2. The average molecular weight is 404 g/mol. The molecule has 0 unspecified atom stereocenters. The van der Waals surface area contributed by atoms with E-state index in [1.165, 1.54) is 38.5 Å². The summed E-state index contributed by atoms with van der Waals surface area (Å²) in [6.07, 6.45) is 1.21. The summed E-state index contributed by atoms with van der Waals surface area (Å²) >= 11 is 5.92.